The van der Waals surface area contributed by atoms with Gasteiger partial charge in [-0.05, 0) is 58.2 Å². The van der Waals surface area contributed by atoms with E-state index in [1.54, 1.807) is 35.8 Å². The number of hydrogen-bond donors (Lipinski definition) is 1. The minimum Gasteiger partial charge on any atom is -0.493 e. The zero-order valence-corrected chi connectivity index (χ0v) is 21.3. The minimum absolute atomic E-state index is 0.0644. The topological polar surface area (TPSA) is 85.7 Å². The highest BCUT2D eigenvalue weighted by Crippen LogP contribution is 2.47. The van der Waals surface area contributed by atoms with Gasteiger partial charge in [0.15, 0.2) is 11.5 Å². The molecule has 3 rings (SSSR count). The van der Waals surface area contributed by atoms with E-state index in [9.17, 15) is 9.59 Å². The summed E-state index contributed by atoms with van der Waals surface area (Å²) in [4.78, 5) is 32.6. The number of benzene rings is 1. The number of rotatable bonds is 10. The van der Waals surface area contributed by atoms with Gasteiger partial charge in [-0.2, -0.15) is 0 Å². The Morgan fingerprint density at radius 2 is 1.85 bits per heavy atom. The van der Waals surface area contributed by atoms with Crippen molar-refractivity contribution in [2.24, 2.45) is 0 Å². The van der Waals surface area contributed by atoms with Crippen molar-refractivity contribution < 1.29 is 19.1 Å². The van der Waals surface area contributed by atoms with Crippen LogP contribution in [0.25, 0.3) is 5.70 Å². The van der Waals surface area contributed by atoms with Crippen LogP contribution in [0.1, 0.15) is 64.6 Å². The first-order valence-corrected chi connectivity index (χ1v) is 11.6. The molecule has 2 aromatic rings. The summed E-state index contributed by atoms with van der Waals surface area (Å²) in [6.45, 7) is 13.6. The fourth-order valence-electron chi connectivity index (χ4n) is 3.84. The van der Waals surface area contributed by atoms with Gasteiger partial charge in [-0.25, -0.2) is 4.98 Å². The lowest BCUT2D eigenvalue weighted by Crippen LogP contribution is -2.44. The Bertz CT molecular complexity index is 1080. The first kappa shape index (κ1) is 25.3. The van der Waals surface area contributed by atoms with Gasteiger partial charge in [0.2, 0.25) is 17.8 Å². The van der Waals surface area contributed by atoms with E-state index in [2.05, 4.69) is 23.8 Å². The first-order chi connectivity index (χ1) is 16.0. The molecule has 1 fully saturated rings. The number of carbonyl (C=O) groups excluding carboxylic acids is 2. The van der Waals surface area contributed by atoms with Crippen LogP contribution in [-0.4, -0.2) is 53.1 Å². The highest BCUT2D eigenvalue weighted by atomic mass is 16.5. The third-order valence-corrected chi connectivity index (χ3v) is 6.49. The van der Waals surface area contributed by atoms with Gasteiger partial charge in [-0.1, -0.05) is 19.6 Å². The molecule has 1 saturated carbocycles. The molecule has 1 atom stereocenters. The summed E-state index contributed by atoms with van der Waals surface area (Å²) in [7, 11) is 3.13. The molecule has 1 heterocycles. The van der Waals surface area contributed by atoms with Crippen LogP contribution < -0.4 is 14.8 Å². The lowest BCUT2D eigenvalue weighted by atomic mass is 9.98. The molecule has 0 saturated heterocycles. The van der Waals surface area contributed by atoms with Gasteiger partial charge in [0, 0.05) is 23.4 Å². The molecule has 1 aliphatic rings. The number of allylic oxidation sites excluding steroid dienone is 1. The fraction of sp³-hybridized carbons (Fsp3) is 0.500. The molecule has 1 aliphatic carbocycles. The zero-order valence-electron chi connectivity index (χ0n) is 21.3. The Morgan fingerprint density at radius 1 is 1.21 bits per heavy atom. The summed E-state index contributed by atoms with van der Waals surface area (Å²) in [5, 5.41) is 2.89. The van der Waals surface area contributed by atoms with Crippen molar-refractivity contribution in [2.75, 3.05) is 26.1 Å². The quantitative estimate of drug-likeness (QED) is 0.558. The van der Waals surface area contributed by atoms with Gasteiger partial charge < -0.3 is 14.4 Å². The molecule has 8 nitrogen and oxygen atoms in total. The largest absolute Gasteiger partial charge is 0.493 e. The van der Waals surface area contributed by atoms with E-state index in [1.165, 1.54) is 0 Å². The molecule has 1 aromatic heterocycles. The predicted octanol–water partition coefficient (Wildman–Crippen LogP) is 4.42. The molecule has 184 valence electrons. The Labute approximate surface area is 201 Å². The third kappa shape index (κ3) is 5.26. The number of ether oxygens (including phenoxy) is 2. The summed E-state index contributed by atoms with van der Waals surface area (Å²) in [5.74, 6) is 0.672. The number of aromatic nitrogens is 2. The lowest BCUT2D eigenvalue weighted by molar-refractivity contribution is -0.137. The summed E-state index contributed by atoms with van der Waals surface area (Å²) < 4.78 is 12.5. The smallest absolute Gasteiger partial charge is 0.246 e. The number of amides is 2. The van der Waals surface area contributed by atoms with E-state index in [-0.39, 0.29) is 29.8 Å². The Morgan fingerprint density at radius 3 is 2.38 bits per heavy atom. The fourth-order valence-corrected chi connectivity index (χ4v) is 3.84. The first-order valence-electron chi connectivity index (χ1n) is 11.6. The molecule has 1 N–H and O–H groups in total. The molecule has 2 amide bonds. The summed E-state index contributed by atoms with van der Waals surface area (Å²) >= 11 is 0. The second kappa shape index (κ2) is 9.91. The van der Waals surface area contributed by atoms with Gasteiger partial charge >= 0.3 is 0 Å². The second-order valence-corrected chi connectivity index (χ2v) is 9.56. The number of nitrogens with one attached hydrogen (secondary N) is 1. The Balaban J connectivity index is 1.76. The van der Waals surface area contributed by atoms with E-state index < -0.39 is 5.92 Å². The highest BCUT2D eigenvalue weighted by Gasteiger charge is 2.42. The molecular formula is C26H36N4O4. The molecule has 1 aromatic carbocycles. The van der Waals surface area contributed by atoms with Gasteiger partial charge in [0.05, 0.1) is 25.8 Å². The number of hydrogen-bond acceptors (Lipinski definition) is 5. The summed E-state index contributed by atoms with van der Waals surface area (Å²) in [6.07, 6.45) is 4.10. The molecule has 0 spiro atoms. The maximum atomic E-state index is 13.4. The van der Waals surface area contributed by atoms with E-state index in [0.29, 0.717) is 17.4 Å². The zero-order chi connectivity index (χ0) is 25.2. The molecule has 0 aliphatic heterocycles. The van der Waals surface area contributed by atoms with Gasteiger partial charge in [-0.3, -0.25) is 19.5 Å². The van der Waals surface area contributed by atoms with Crippen molar-refractivity contribution in [3.63, 3.8) is 0 Å². The number of nitrogens with zero attached hydrogens (tertiary/aromatic N) is 3. The van der Waals surface area contributed by atoms with Crippen molar-refractivity contribution in [1.29, 1.82) is 0 Å². The average Bonchev–Trinajstić information content (AvgIpc) is 3.40. The average molecular weight is 469 g/mol. The van der Waals surface area contributed by atoms with Crippen molar-refractivity contribution >= 4 is 23.5 Å². The van der Waals surface area contributed by atoms with Gasteiger partial charge in [0.1, 0.15) is 6.54 Å². The lowest BCUT2D eigenvalue weighted by Gasteiger charge is -2.29. The number of imidazole rings is 1. The SMILES string of the molecule is C=C(C)n1cc(C2(C)CC2)nc1NC(=O)CN(C(=O)C(C)c1ccc(OC)c(OC)c1)C(C)C. The maximum Gasteiger partial charge on any atom is 0.246 e. The number of carbonyl (C=O) groups is 2. The molecule has 1 unspecified atom stereocenters. The second-order valence-electron chi connectivity index (χ2n) is 9.56. The summed E-state index contributed by atoms with van der Waals surface area (Å²) in [5.41, 5.74) is 2.56. The minimum atomic E-state index is -0.464. The monoisotopic (exact) mass is 468 g/mol. The van der Waals surface area contributed by atoms with Crippen LogP contribution in [0.15, 0.2) is 31.0 Å². The molecule has 0 radical (unpaired) electrons. The summed E-state index contributed by atoms with van der Waals surface area (Å²) in [6, 6.07) is 5.25. The van der Waals surface area contributed by atoms with Crippen LogP contribution in [0.4, 0.5) is 5.95 Å². The van der Waals surface area contributed by atoms with E-state index in [0.717, 1.165) is 29.8 Å². The van der Waals surface area contributed by atoms with Crippen molar-refractivity contribution in [1.82, 2.24) is 14.5 Å². The Hall–Kier alpha value is -3.29. The van der Waals surface area contributed by atoms with Crippen LogP contribution in [0.2, 0.25) is 0 Å². The van der Waals surface area contributed by atoms with E-state index in [1.807, 2.05) is 40.0 Å². The third-order valence-electron chi connectivity index (χ3n) is 6.49. The Kier molecular flexibility index (Phi) is 7.38. The van der Waals surface area contributed by atoms with Crippen molar-refractivity contribution in [2.45, 2.75) is 64.8 Å². The predicted molar refractivity (Wildman–Crippen MR) is 133 cm³/mol. The van der Waals surface area contributed by atoms with Crippen LogP contribution in [0, 0.1) is 0 Å². The van der Waals surface area contributed by atoms with Gasteiger partial charge in [0.25, 0.3) is 0 Å². The van der Waals surface area contributed by atoms with Crippen LogP contribution in [0.5, 0.6) is 11.5 Å². The van der Waals surface area contributed by atoms with Crippen LogP contribution in [-0.2, 0) is 15.0 Å². The van der Waals surface area contributed by atoms with Gasteiger partial charge in [-0.15, -0.1) is 0 Å². The van der Waals surface area contributed by atoms with Crippen molar-refractivity contribution in [3.05, 3.63) is 42.2 Å². The standard InChI is InChI=1S/C26H36N4O4/c1-16(2)29(24(32)18(5)19-9-10-20(33-7)21(13-19)34-8)15-23(31)28-25-27-22(26(6)11-12-26)14-30(25)17(3)4/h9-10,13-14,16,18H,3,11-12,15H2,1-2,4-8H3,(H,27,28,31). The van der Waals surface area contributed by atoms with E-state index >= 15 is 0 Å². The normalized spacial score (nSPS) is 14.9. The van der Waals surface area contributed by atoms with E-state index in [4.69, 9.17) is 9.47 Å². The molecule has 34 heavy (non-hydrogen) atoms. The molecule has 0 bridgehead atoms. The number of anilines is 1. The highest BCUT2D eigenvalue weighted by molar-refractivity contribution is 5.95. The van der Waals surface area contributed by atoms with Crippen molar-refractivity contribution in [3.8, 4) is 11.5 Å². The van der Waals surface area contributed by atoms with Crippen LogP contribution >= 0.6 is 0 Å². The molecule has 8 heteroatoms. The van der Waals surface area contributed by atoms with Crippen LogP contribution in [0.3, 0.4) is 0 Å². The maximum absolute atomic E-state index is 13.4. The molecular weight excluding hydrogens is 432 g/mol. The number of methoxy groups -OCH3 is 2.